The predicted octanol–water partition coefficient (Wildman–Crippen LogP) is 9.53. The summed E-state index contributed by atoms with van der Waals surface area (Å²) in [5, 5.41) is 10.1. The molecule has 0 radical (unpaired) electrons. The molecular formula is C30H62NO2+. The van der Waals surface area contributed by atoms with E-state index in [2.05, 4.69) is 27.9 Å². The van der Waals surface area contributed by atoms with Gasteiger partial charge in [-0.05, 0) is 19.3 Å². The number of hydrogen-bond acceptors (Lipinski definition) is 1. The zero-order valence-corrected chi connectivity index (χ0v) is 23.6. The molecule has 33 heavy (non-hydrogen) atoms. The number of unbranched alkanes of at least 4 members (excludes halogenated alkanes) is 19. The average Bonchev–Trinajstić information content (AvgIpc) is 2.78. The van der Waals surface area contributed by atoms with Gasteiger partial charge in [-0.1, -0.05) is 129 Å². The van der Waals surface area contributed by atoms with Crippen molar-refractivity contribution in [2.45, 2.75) is 168 Å². The average molecular weight is 469 g/mol. The van der Waals surface area contributed by atoms with Crippen LogP contribution in [0, 0.1) is 0 Å². The van der Waals surface area contributed by atoms with Gasteiger partial charge in [-0.3, -0.25) is 0 Å². The number of carboxylic acids is 1. The quantitative estimate of drug-likeness (QED) is 0.107. The first kappa shape index (κ1) is 32.4. The van der Waals surface area contributed by atoms with Crippen LogP contribution in [-0.4, -0.2) is 41.7 Å². The molecule has 0 aromatic rings. The highest BCUT2D eigenvalue weighted by Gasteiger charge is 2.47. The van der Waals surface area contributed by atoms with Crippen molar-refractivity contribution in [3.05, 3.63) is 0 Å². The zero-order chi connectivity index (χ0) is 24.8. The summed E-state index contributed by atoms with van der Waals surface area (Å²) >= 11 is 0. The molecular weight excluding hydrogens is 406 g/mol. The van der Waals surface area contributed by atoms with Gasteiger partial charge in [0.2, 0.25) is 0 Å². The highest BCUT2D eigenvalue weighted by molar-refractivity contribution is 5.76. The molecule has 0 aromatic carbocycles. The van der Waals surface area contributed by atoms with Crippen molar-refractivity contribution in [3.63, 3.8) is 0 Å². The second-order valence-corrected chi connectivity index (χ2v) is 11.5. The summed E-state index contributed by atoms with van der Waals surface area (Å²) in [6.45, 7) is 7.50. The molecule has 0 saturated heterocycles. The van der Waals surface area contributed by atoms with Crippen molar-refractivity contribution >= 4 is 5.97 Å². The molecule has 3 nitrogen and oxygen atoms in total. The SMILES string of the molecule is CCCCCCCCCCCCC[N+](C)(C)C(C)(CCCCCCCCCCCC)C(=O)O. The van der Waals surface area contributed by atoms with Crippen molar-refractivity contribution in [1.82, 2.24) is 0 Å². The van der Waals surface area contributed by atoms with E-state index in [0.29, 0.717) is 4.48 Å². The van der Waals surface area contributed by atoms with E-state index in [0.717, 1.165) is 25.8 Å². The van der Waals surface area contributed by atoms with Crippen LogP contribution in [0.5, 0.6) is 0 Å². The minimum absolute atomic E-state index is 0.608. The molecule has 3 heteroatoms. The van der Waals surface area contributed by atoms with E-state index in [1.807, 2.05) is 6.92 Å². The largest absolute Gasteiger partial charge is 0.477 e. The maximum atomic E-state index is 12.2. The van der Waals surface area contributed by atoms with E-state index in [-0.39, 0.29) is 0 Å². The number of likely N-dealkylation sites (N-methyl/N-ethyl adjacent to an activating group) is 1. The van der Waals surface area contributed by atoms with Crippen molar-refractivity contribution in [2.75, 3.05) is 20.6 Å². The number of quaternary nitrogens is 1. The summed E-state index contributed by atoms with van der Waals surface area (Å²) in [4.78, 5) is 12.2. The second-order valence-electron chi connectivity index (χ2n) is 11.5. The van der Waals surface area contributed by atoms with Crippen LogP contribution >= 0.6 is 0 Å². The lowest BCUT2D eigenvalue weighted by Gasteiger charge is -2.44. The minimum Gasteiger partial charge on any atom is -0.477 e. The molecule has 1 N–H and O–H groups in total. The number of nitrogens with zero attached hydrogens (tertiary/aromatic N) is 1. The van der Waals surface area contributed by atoms with Crippen LogP contribution in [0.3, 0.4) is 0 Å². The molecule has 0 aliphatic rings. The Morgan fingerprint density at radius 3 is 1.21 bits per heavy atom. The summed E-state index contributed by atoms with van der Waals surface area (Å²) in [5.74, 6) is -0.619. The Morgan fingerprint density at radius 2 is 0.879 bits per heavy atom. The first-order valence-corrected chi connectivity index (χ1v) is 14.9. The van der Waals surface area contributed by atoms with Gasteiger partial charge in [0.1, 0.15) is 0 Å². The maximum absolute atomic E-state index is 12.2. The van der Waals surface area contributed by atoms with Crippen LogP contribution in [0.25, 0.3) is 0 Å². The van der Waals surface area contributed by atoms with E-state index < -0.39 is 11.5 Å². The van der Waals surface area contributed by atoms with Crippen molar-refractivity contribution in [3.8, 4) is 0 Å². The van der Waals surface area contributed by atoms with E-state index in [9.17, 15) is 9.90 Å². The van der Waals surface area contributed by atoms with E-state index in [4.69, 9.17) is 0 Å². The topological polar surface area (TPSA) is 37.3 Å². The molecule has 1 unspecified atom stereocenters. The van der Waals surface area contributed by atoms with Gasteiger partial charge in [0.05, 0.1) is 20.6 Å². The van der Waals surface area contributed by atoms with Gasteiger partial charge in [-0.2, -0.15) is 0 Å². The van der Waals surface area contributed by atoms with E-state index in [1.54, 1.807) is 0 Å². The van der Waals surface area contributed by atoms with Crippen LogP contribution < -0.4 is 0 Å². The Hall–Kier alpha value is -0.570. The molecule has 0 aliphatic carbocycles. The standard InChI is InChI=1S/C30H61NO2/c1-6-8-10-12-14-16-18-20-22-24-26-28-31(4,5)30(3,29(32)33)27-25-23-21-19-17-15-13-11-9-7-2/h6-28H2,1-5H3/p+1. The highest BCUT2D eigenvalue weighted by atomic mass is 16.4. The van der Waals surface area contributed by atoms with Crippen LogP contribution in [0.15, 0.2) is 0 Å². The molecule has 0 aliphatic heterocycles. The normalized spacial score (nSPS) is 13.8. The molecule has 0 aromatic heterocycles. The van der Waals surface area contributed by atoms with Crippen LogP contribution in [0.2, 0.25) is 0 Å². The van der Waals surface area contributed by atoms with Crippen LogP contribution in [0.4, 0.5) is 0 Å². The lowest BCUT2D eigenvalue weighted by Crippen LogP contribution is -2.62. The Balaban J connectivity index is 4.00. The summed E-state index contributed by atoms with van der Waals surface area (Å²) < 4.78 is 0.608. The van der Waals surface area contributed by atoms with Crippen molar-refractivity contribution in [2.24, 2.45) is 0 Å². The Bertz CT molecular complexity index is 449. The number of hydrogen-bond donors (Lipinski definition) is 1. The molecule has 0 heterocycles. The summed E-state index contributed by atoms with van der Waals surface area (Å²) in [5.41, 5.74) is -0.668. The Labute approximate surface area is 208 Å². The first-order chi connectivity index (χ1) is 15.8. The third-order valence-corrected chi connectivity index (χ3v) is 8.13. The minimum atomic E-state index is -0.668. The van der Waals surface area contributed by atoms with Gasteiger partial charge in [0.15, 0.2) is 5.54 Å². The molecule has 0 amide bonds. The van der Waals surface area contributed by atoms with Crippen molar-refractivity contribution < 1.29 is 14.4 Å². The molecule has 0 saturated carbocycles. The van der Waals surface area contributed by atoms with Gasteiger partial charge in [0.25, 0.3) is 0 Å². The number of rotatable bonds is 25. The Kier molecular flexibility index (Phi) is 20.4. The second kappa shape index (κ2) is 20.8. The molecule has 0 fully saturated rings. The third-order valence-electron chi connectivity index (χ3n) is 8.13. The van der Waals surface area contributed by atoms with Crippen LogP contribution in [-0.2, 0) is 4.79 Å². The fourth-order valence-corrected chi connectivity index (χ4v) is 5.04. The lowest BCUT2D eigenvalue weighted by atomic mass is 9.89. The zero-order valence-electron chi connectivity index (χ0n) is 23.6. The first-order valence-electron chi connectivity index (χ1n) is 14.9. The molecule has 1 atom stereocenters. The number of carboxylic acid groups (broad SMARTS) is 1. The monoisotopic (exact) mass is 468 g/mol. The highest BCUT2D eigenvalue weighted by Crippen LogP contribution is 2.29. The smallest absolute Gasteiger partial charge is 0.365 e. The lowest BCUT2D eigenvalue weighted by molar-refractivity contribution is -0.931. The fourth-order valence-electron chi connectivity index (χ4n) is 5.04. The van der Waals surface area contributed by atoms with Crippen molar-refractivity contribution in [1.29, 1.82) is 0 Å². The Morgan fingerprint density at radius 1 is 0.576 bits per heavy atom. The summed E-state index contributed by atoms with van der Waals surface area (Å²) in [6.07, 6.45) is 28.5. The third kappa shape index (κ3) is 15.9. The summed E-state index contributed by atoms with van der Waals surface area (Å²) in [7, 11) is 4.28. The molecule has 0 bridgehead atoms. The van der Waals surface area contributed by atoms with E-state index in [1.165, 1.54) is 122 Å². The predicted molar refractivity (Wildman–Crippen MR) is 146 cm³/mol. The van der Waals surface area contributed by atoms with Gasteiger partial charge >= 0.3 is 5.97 Å². The number of carbonyl (C=O) groups is 1. The van der Waals surface area contributed by atoms with Gasteiger partial charge in [-0.25, -0.2) is 4.79 Å². The molecule has 0 spiro atoms. The number of aliphatic carboxylic acids is 1. The maximum Gasteiger partial charge on any atom is 0.365 e. The van der Waals surface area contributed by atoms with Crippen LogP contribution in [0.1, 0.15) is 162 Å². The van der Waals surface area contributed by atoms with E-state index >= 15 is 0 Å². The van der Waals surface area contributed by atoms with Gasteiger partial charge in [0, 0.05) is 13.3 Å². The van der Waals surface area contributed by atoms with Gasteiger partial charge in [-0.15, -0.1) is 0 Å². The molecule has 198 valence electrons. The van der Waals surface area contributed by atoms with Gasteiger partial charge < -0.3 is 9.59 Å². The fraction of sp³-hybridized carbons (Fsp3) is 0.967. The summed E-state index contributed by atoms with van der Waals surface area (Å²) in [6, 6.07) is 0. The molecule has 0 rings (SSSR count).